The number of alkyl carbamates (subject to hydrolysis) is 1. The van der Waals surface area contributed by atoms with Gasteiger partial charge in [-0.3, -0.25) is 14.4 Å². The molecule has 0 saturated carbocycles. The van der Waals surface area contributed by atoms with Crippen molar-refractivity contribution in [3.8, 4) is 0 Å². The first-order chi connectivity index (χ1) is 28.2. The number of H-pyrrole nitrogens is 1. The highest BCUT2D eigenvalue weighted by molar-refractivity contribution is 6.30. The van der Waals surface area contributed by atoms with Crippen LogP contribution in [-0.4, -0.2) is 58.0 Å². The molecule has 0 aliphatic carbocycles. The molecule has 0 radical (unpaired) electrons. The van der Waals surface area contributed by atoms with Gasteiger partial charge in [-0.05, 0) is 64.1 Å². The zero-order valence-electron chi connectivity index (χ0n) is 34.3. The van der Waals surface area contributed by atoms with E-state index in [1.165, 1.54) is 0 Å². The fourth-order valence-electron chi connectivity index (χ4n) is 6.95. The van der Waals surface area contributed by atoms with Gasteiger partial charge in [-0.25, -0.2) is 4.79 Å². The fraction of sp³-hybridized carbons (Fsp3) is 0.362. The number of Topliss-reactive ketones (excluding diaryl/α,β-unsaturated/α-hetero) is 1. The van der Waals surface area contributed by atoms with E-state index in [0.717, 1.165) is 33.3 Å². The number of aliphatic hydroxyl groups excluding tert-OH is 1. The van der Waals surface area contributed by atoms with E-state index in [0.29, 0.717) is 5.02 Å². The highest BCUT2D eigenvalue weighted by atomic mass is 35.5. The van der Waals surface area contributed by atoms with Crippen LogP contribution in [0.15, 0.2) is 115 Å². The molecule has 1 aromatic heterocycles. The molecule has 11 nitrogen and oxygen atoms in total. The smallest absolute Gasteiger partial charge is 0.408 e. The first kappa shape index (κ1) is 44.6. The molecule has 5 aromatic rings. The minimum absolute atomic E-state index is 0.0159. The number of fused-ring (bicyclic) bond motifs is 1. The van der Waals surface area contributed by atoms with E-state index < -0.39 is 53.3 Å². The summed E-state index contributed by atoms with van der Waals surface area (Å²) < 4.78 is 5.46. The summed E-state index contributed by atoms with van der Waals surface area (Å²) in [7, 11) is 0. The van der Waals surface area contributed by atoms with Gasteiger partial charge in [0, 0.05) is 35.1 Å². The van der Waals surface area contributed by atoms with Crippen LogP contribution in [0.25, 0.3) is 10.9 Å². The number of carbonyl (C=O) groups is 4. The number of carbonyl (C=O) groups excluding carboxylic acids is 4. The Kier molecular flexibility index (Phi) is 15.9. The number of ketones is 1. The summed E-state index contributed by atoms with van der Waals surface area (Å²) in [6.07, 6.45) is -2.25. The number of aromatic nitrogens is 1. The van der Waals surface area contributed by atoms with E-state index in [1.54, 1.807) is 12.1 Å². The first-order valence-electron chi connectivity index (χ1n) is 20.0. The molecule has 0 fully saturated rings. The van der Waals surface area contributed by atoms with Crippen molar-refractivity contribution >= 4 is 46.2 Å². The van der Waals surface area contributed by atoms with Gasteiger partial charge in [0.1, 0.15) is 12.6 Å². The van der Waals surface area contributed by atoms with Crippen LogP contribution in [0.2, 0.25) is 5.02 Å². The third kappa shape index (κ3) is 13.3. The molecule has 0 bridgehead atoms. The average Bonchev–Trinajstić information content (AvgIpc) is 3.64. The third-order valence-corrected chi connectivity index (χ3v) is 10.6. The van der Waals surface area contributed by atoms with Gasteiger partial charge in [-0.15, -0.1) is 0 Å². The number of hydrogen-bond acceptors (Lipinski definition) is 7. The van der Waals surface area contributed by atoms with Crippen LogP contribution in [-0.2, 0) is 45.2 Å². The monoisotopic (exact) mass is 821 g/mol. The van der Waals surface area contributed by atoms with Crippen LogP contribution >= 0.6 is 11.6 Å². The lowest BCUT2D eigenvalue weighted by atomic mass is 9.84. The van der Waals surface area contributed by atoms with Gasteiger partial charge >= 0.3 is 6.09 Å². The van der Waals surface area contributed by atoms with Crippen LogP contribution in [0, 0.1) is 17.3 Å². The maximum Gasteiger partial charge on any atom is 0.408 e. The van der Waals surface area contributed by atoms with Crippen molar-refractivity contribution in [1.82, 2.24) is 26.3 Å². The van der Waals surface area contributed by atoms with Crippen molar-refractivity contribution < 1.29 is 29.0 Å². The Bertz CT molecular complexity index is 2100. The number of hydrogen-bond donors (Lipinski definition) is 6. The van der Waals surface area contributed by atoms with Crippen molar-refractivity contribution in [2.45, 2.75) is 91.4 Å². The van der Waals surface area contributed by atoms with Crippen LogP contribution in [0.5, 0.6) is 0 Å². The Morgan fingerprint density at radius 3 is 2.02 bits per heavy atom. The van der Waals surface area contributed by atoms with Gasteiger partial charge in [-0.1, -0.05) is 137 Å². The van der Waals surface area contributed by atoms with Gasteiger partial charge in [0.25, 0.3) is 0 Å². The normalized spacial score (nSPS) is 14.2. The summed E-state index contributed by atoms with van der Waals surface area (Å²) in [6.45, 7) is 9.66. The Labute approximate surface area is 351 Å². The highest BCUT2D eigenvalue weighted by Crippen LogP contribution is 2.23. The zero-order chi connectivity index (χ0) is 42.5. The average molecular weight is 822 g/mol. The molecule has 312 valence electrons. The van der Waals surface area contributed by atoms with Crippen LogP contribution in [0.4, 0.5) is 4.79 Å². The Hall–Kier alpha value is -5.49. The van der Waals surface area contributed by atoms with E-state index in [4.69, 9.17) is 16.3 Å². The molecule has 0 aliphatic rings. The molecule has 5 atom stereocenters. The lowest BCUT2D eigenvalue weighted by Crippen LogP contribution is -2.61. The standard InChI is InChI=1S/C47H56ClN5O6/c1-30(2)37(44(56)50-28-36-25-34-18-12-13-19-38(34)51-36)26-40(54)41(49-27-32-20-22-35(48)23-21-32)42(55)39(24-31-14-8-6-9-15-31)52-45(57)43(47(3,4)5)53-46(58)59-29-33-16-10-7-11-17-33/h6-23,25,30,37,39,41-43,49,51,55H,24,26-29H2,1-5H3,(H,50,56)(H,52,57)(H,53,58)/t37-,39-,41-,42+,43+/m0/s1. The number of nitrogens with one attached hydrogen (secondary N) is 5. The lowest BCUT2D eigenvalue weighted by Gasteiger charge is -2.35. The predicted molar refractivity (Wildman–Crippen MR) is 231 cm³/mol. The van der Waals surface area contributed by atoms with Crippen LogP contribution in [0.3, 0.4) is 0 Å². The van der Waals surface area contributed by atoms with Crippen LogP contribution in [0.1, 0.15) is 63.4 Å². The van der Waals surface area contributed by atoms with Gasteiger partial charge in [-0.2, -0.15) is 0 Å². The fourth-order valence-corrected chi connectivity index (χ4v) is 7.08. The number of amides is 3. The molecule has 0 aliphatic heterocycles. The molecule has 6 N–H and O–H groups in total. The Balaban J connectivity index is 1.38. The Morgan fingerprint density at radius 1 is 0.763 bits per heavy atom. The number of ether oxygens (including phenoxy) is 1. The molecule has 59 heavy (non-hydrogen) atoms. The number of para-hydroxylation sites is 1. The number of aromatic amines is 1. The van der Waals surface area contributed by atoms with E-state index in [9.17, 15) is 24.3 Å². The summed E-state index contributed by atoms with van der Waals surface area (Å²) in [5.74, 6) is -2.17. The van der Waals surface area contributed by atoms with Gasteiger partial charge in [0.15, 0.2) is 5.78 Å². The SMILES string of the molecule is CC(C)[C@H](CC(=O)[C@H](NCc1ccc(Cl)cc1)[C@H](O)[C@H](Cc1ccccc1)NC(=O)[C@@H](NC(=O)OCc1ccccc1)C(C)(C)C)C(=O)NCc1cc2ccccc2[nH]1. The summed E-state index contributed by atoms with van der Waals surface area (Å²) in [4.78, 5) is 58.9. The summed E-state index contributed by atoms with van der Waals surface area (Å²) >= 11 is 6.15. The molecule has 3 amide bonds. The second-order valence-electron chi connectivity index (χ2n) is 16.4. The maximum absolute atomic E-state index is 14.5. The molecule has 1 heterocycles. The topological polar surface area (TPSA) is 162 Å². The van der Waals surface area contributed by atoms with E-state index in [2.05, 4.69) is 26.3 Å². The highest BCUT2D eigenvalue weighted by Gasteiger charge is 2.39. The summed E-state index contributed by atoms with van der Waals surface area (Å²) in [6, 6.07) is 32.2. The second-order valence-corrected chi connectivity index (χ2v) is 16.8. The van der Waals surface area contributed by atoms with Gasteiger partial charge < -0.3 is 36.1 Å². The molecular weight excluding hydrogens is 766 g/mol. The Morgan fingerprint density at radius 2 is 1.39 bits per heavy atom. The van der Waals surface area contributed by atoms with Crippen molar-refractivity contribution in [2.75, 3.05) is 0 Å². The van der Waals surface area contributed by atoms with Crippen molar-refractivity contribution in [3.63, 3.8) is 0 Å². The first-order valence-corrected chi connectivity index (χ1v) is 20.4. The number of rotatable bonds is 19. The molecular formula is C47H56ClN5O6. The minimum atomic E-state index is -1.47. The minimum Gasteiger partial charge on any atom is -0.445 e. The van der Waals surface area contributed by atoms with Gasteiger partial charge in [0.05, 0.1) is 24.7 Å². The molecule has 0 unspecified atom stereocenters. The third-order valence-electron chi connectivity index (χ3n) is 10.4. The second kappa shape index (κ2) is 21.0. The van der Waals surface area contributed by atoms with Crippen molar-refractivity contribution in [2.24, 2.45) is 17.3 Å². The number of halogens is 1. The van der Waals surface area contributed by atoms with Crippen molar-refractivity contribution in [1.29, 1.82) is 0 Å². The zero-order valence-corrected chi connectivity index (χ0v) is 35.1. The largest absolute Gasteiger partial charge is 0.445 e. The number of aliphatic hydroxyl groups is 1. The number of benzene rings is 4. The maximum atomic E-state index is 14.5. The summed E-state index contributed by atoms with van der Waals surface area (Å²) in [5, 5.41) is 25.9. The van der Waals surface area contributed by atoms with Crippen LogP contribution < -0.4 is 21.3 Å². The van der Waals surface area contributed by atoms with E-state index >= 15 is 0 Å². The lowest BCUT2D eigenvalue weighted by molar-refractivity contribution is -0.134. The molecule has 4 aromatic carbocycles. The summed E-state index contributed by atoms with van der Waals surface area (Å²) in [5.41, 5.74) is 3.42. The molecule has 5 rings (SSSR count). The molecule has 12 heteroatoms. The van der Waals surface area contributed by atoms with E-state index in [-0.39, 0.29) is 44.4 Å². The molecule has 0 saturated heterocycles. The quantitative estimate of drug-likeness (QED) is 0.0511. The van der Waals surface area contributed by atoms with E-state index in [1.807, 2.05) is 138 Å². The van der Waals surface area contributed by atoms with Gasteiger partial charge in [0.2, 0.25) is 11.8 Å². The predicted octanol–water partition coefficient (Wildman–Crippen LogP) is 7.26. The van der Waals surface area contributed by atoms with Crippen molar-refractivity contribution in [3.05, 3.63) is 143 Å². The molecule has 0 spiro atoms.